The number of hydrogen-bond donors (Lipinski definition) is 0. The fourth-order valence-corrected chi connectivity index (χ4v) is 3.22. The van der Waals surface area contributed by atoms with Crippen molar-refractivity contribution in [3.05, 3.63) is 126 Å². The third-order valence-corrected chi connectivity index (χ3v) is 4.72. The van der Waals surface area contributed by atoms with Gasteiger partial charge in [-0.05, 0) is 59.7 Å². The molecule has 0 bridgehead atoms. The van der Waals surface area contributed by atoms with Crippen LogP contribution in [0.15, 0.2) is 109 Å². The van der Waals surface area contributed by atoms with Crippen molar-refractivity contribution in [2.75, 3.05) is 4.90 Å². The third-order valence-electron chi connectivity index (χ3n) is 4.72. The van der Waals surface area contributed by atoms with E-state index < -0.39 is 0 Å². The molecule has 2 heteroatoms. The van der Waals surface area contributed by atoms with Crippen LogP contribution in [0.2, 0.25) is 0 Å². The first-order valence-corrected chi connectivity index (χ1v) is 9.57. The highest BCUT2D eigenvalue weighted by Gasteiger charge is 2.11. The molecule has 0 atom stereocenters. The molecular weight excluding hydrogens is 354 g/mol. The minimum absolute atomic E-state index is 0.670. The van der Waals surface area contributed by atoms with Crippen molar-refractivity contribution in [1.29, 1.82) is 0 Å². The summed E-state index contributed by atoms with van der Waals surface area (Å²) in [5, 5.41) is 0. The van der Waals surface area contributed by atoms with Gasteiger partial charge in [-0.15, -0.1) is 0 Å². The van der Waals surface area contributed by atoms with E-state index >= 15 is 0 Å². The van der Waals surface area contributed by atoms with Crippen LogP contribution < -0.4 is 4.90 Å². The van der Waals surface area contributed by atoms with Crippen molar-refractivity contribution in [2.24, 2.45) is 0 Å². The molecule has 0 fully saturated rings. The van der Waals surface area contributed by atoms with Crippen LogP contribution in [0.25, 0.3) is 12.2 Å². The average Bonchev–Trinajstić information content (AvgIpc) is 2.81. The highest BCUT2D eigenvalue weighted by molar-refractivity contribution is 5.81. The lowest BCUT2D eigenvalue weighted by molar-refractivity contribution is 0.112. The van der Waals surface area contributed by atoms with Gasteiger partial charge in [0, 0.05) is 22.6 Å². The number of para-hydroxylation sites is 1. The Bertz CT molecular complexity index is 1080. The summed E-state index contributed by atoms with van der Waals surface area (Å²) < 4.78 is 0. The summed E-state index contributed by atoms with van der Waals surface area (Å²) in [6, 6.07) is 36.6. The second-order valence-electron chi connectivity index (χ2n) is 6.72. The van der Waals surface area contributed by atoms with Crippen LogP contribution in [0.3, 0.4) is 0 Å². The Kier molecular flexibility index (Phi) is 5.63. The van der Waals surface area contributed by atoms with Crippen LogP contribution in [0.1, 0.15) is 21.5 Å². The van der Waals surface area contributed by atoms with Crippen LogP contribution >= 0.6 is 0 Å². The molecule has 0 saturated heterocycles. The molecule has 0 radical (unpaired) electrons. The van der Waals surface area contributed by atoms with Crippen molar-refractivity contribution in [1.82, 2.24) is 0 Å². The number of nitrogens with zero attached hydrogens (tertiary/aromatic N) is 1. The molecule has 4 aromatic rings. The summed E-state index contributed by atoms with van der Waals surface area (Å²) in [7, 11) is 0. The topological polar surface area (TPSA) is 20.3 Å². The van der Waals surface area contributed by atoms with Crippen molar-refractivity contribution >= 4 is 35.5 Å². The number of carbonyl (C=O) groups excluding carboxylic acids is 1. The summed E-state index contributed by atoms with van der Waals surface area (Å²) >= 11 is 0. The zero-order valence-corrected chi connectivity index (χ0v) is 16.0. The maximum absolute atomic E-state index is 11.0. The monoisotopic (exact) mass is 375 g/mol. The molecule has 29 heavy (non-hydrogen) atoms. The Morgan fingerprint density at radius 2 is 0.862 bits per heavy atom. The van der Waals surface area contributed by atoms with E-state index in [-0.39, 0.29) is 0 Å². The van der Waals surface area contributed by atoms with Gasteiger partial charge < -0.3 is 4.90 Å². The van der Waals surface area contributed by atoms with Crippen LogP contribution in [0.4, 0.5) is 17.1 Å². The fraction of sp³-hybridized carbons (Fsp3) is 0. The van der Waals surface area contributed by atoms with Crippen molar-refractivity contribution in [2.45, 2.75) is 0 Å². The van der Waals surface area contributed by atoms with Crippen molar-refractivity contribution < 1.29 is 4.79 Å². The highest BCUT2D eigenvalue weighted by Crippen LogP contribution is 2.34. The van der Waals surface area contributed by atoms with E-state index in [1.165, 1.54) is 5.56 Å². The van der Waals surface area contributed by atoms with Gasteiger partial charge in [-0.2, -0.15) is 0 Å². The molecule has 0 heterocycles. The highest BCUT2D eigenvalue weighted by atomic mass is 16.1. The molecular formula is C27H21NO. The van der Waals surface area contributed by atoms with Crippen molar-refractivity contribution in [3.63, 3.8) is 0 Å². The standard InChI is InChI=1S/C27H21NO/c29-21-24-15-19-27(20-16-24)28(25-9-5-2-6-10-25)26-17-13-23(14-18-26)12-11-22-7-3-1-4-8-22/h1-21H/b12-11+. The Morgan fingerprint density at radius 1 is 0.448 bits per heavy atom. The van der Waals surface area contributed by atoms with Crippen LogP contribution in [-0.2, 0) is 0 Å². The second-order valence-corrected chi connectivity index (χ2v) is 6.72. The lowest BCUT2D eigenvalue weighted by Gasteiger charge is -2.25. The number of aldehydes is 1. The molecule has 4 rings (SSSR count). The van der Waals surface area contributed by atoms with Gasteiger partial charge >= 0.3 is 0 Å². The van der Waals surface area contributed by atoms with E-state index in [0.29, 0.717) is 5.56 Å². The van der Waals surface area contributed by atoms with E-state index in [9.17, 15) is 4.79 Å². The molecule has 0 saturated carbocycles. The van der Waals surface area contributed by atoms with Gasteiger partial charge in [0.2, 0.25) is 0 Å². The van der Waals surface area contributed by atoms with Gasteiger partial charge in [0.25, 0.3) is 0 Å². The van der Waals surface area contributed by atoms with Crippen LogP contribution in [0.5, 0.6) is 0 Å². The summed E-state index contributed by atoms with van der Waals surface area (Å²) in [6.07, 6.45) is 5.09. The molecule has 140 valence electrons. The number of benzene rings is 4. The third kappa shape index (κ3) is 4.50. The minimum atomic E-state index is 0.670. The van der Waals surface area contributed by atoms with Crippen LogP contribution in [-0.4, -0.2) is 6.29 Å². The summed E-state index contributed by atoms with van der Waals surface area (Å²) in [4.78, 5) is 13.2. The maximum Gasteiger partial charge on any atom is 0.150 e. The summed E-state index contributed by atoms with van der Waals surface area (Å²) in [5.74, 6) is 0. The number of rotatable bonds is 6. The van der Waals surface area contributed by atoms with Gasteiger partial charge in [0.15, 0.2) is 0 Å². The van der Waals surface area contributed by atoms with Gasteiger partial charge in [0.1, 0.15) is 6.29 Å². The Morgan fingerprint density at radius 3 is 1.38 bits per heavy atom. The largest absolute Gasteiger partial charge is 0.311 e. The summed E-state index contributed by atoms with van der Waals surface area (Å²) in [6.45, 7) is 0. The van der Waals surface area contributed by atoms with E-state index in [2.05, 4.69) is 65.6 Å². The van der Waals surface area contributed by atoms with Gasteiger partial charge in [0.05, 0.1) is 0 Å². The first-order valence-electron chi connectivity index (χ1n) is 9.57. The van der Waals surface area contributed by atoms with Gasteiger partial charge in [-0.3, -0.25) is 4.79 Å². The van der Waals surface area contributed by atoms with Crippen LogP contribution in [0, 0.1) is 0 Å². The molecule has 2 nitrogen and oxygen atoms in total. The molecule has 4 aromatic carbocycles. The molecule has 0 unspecified atom stereocenters. The first-order chi connectivity index (χ1) is 14.3. The first kappa shape index (κ1) is 18.5. The van der Waals surface area contributed by atoms with Gasteiger partial charge in [-0.25, -0.2) is 0 Å². The molecule has 0 aliphatic carbocycles. The Labute approximate surface area is 171 Å². The molecule has 0 aliphatic heterocycles. The minimum Gasteiger partial charge on any atom is -0.311 e. The van der Waals surface area contributed by atoms with E-state index in [1.54, 1.807) is 0 Å². The average molecular weight is 375 g/mol. The molecule has 0 aliphatic rings. The fourth-order valence-electron chi connectivity index (χ4n) is 3.22. The Hall–Kier alpha value is -3.91. The zero-order chi connectivity index (χ0) is 19.9. The maximum atomic E-state index is 11.0. The molecule has 0 amide bonds. The predicted octanol–water partition coefficient (Wildman–Crippen LogP) is 7.14. The lowest BCUT2D eigenvalue weighted by atomic mass is 10.1. The van der Waals surface area contributed by atoms with E-state index in [0.717, 1.165) is 28.9 Å². The number of carbonyl (C=O) groups is 1. The Balaban J connectivity index is 1.65. The van der Waals surface area contributed by atoms with E-state index in [4.69, 9.17) is 0 Å². The normalized spacial score (nSPS) is 10.8. The quantitative estimate of drug-likeness (QED) is 0.264. The zero-order valence-electron chi connectivity index (χ0n) is 16.0. The second kappa shape index (κ2) is 8.85. The number of anilines is 3. The SMILES string of the molecule is O=Cc1ccc(N(c2ccccc2)c2ccc(/C=C/c3ccccc3)cc2)cc1. The van der Waals surface area contributed by atoms with Gasteiger partial charge in [-0.1, -0.05) is 72.8 Å². The van der Waals surface area contributed by atoms with Crippen molar-refractivity contribution in [3.8, 4) is 0 Å². The smallest absolute Gasteiger partial charge is 0.150 e. The summed E-state index contributed by atoms with van der Waals surface area (Å²) in [5.41, 5.74) is 6.13. The van der Waals surface area contributed by atoms with E-state index in [1.807, 2.05) is 60.7 Å². The predicted molar refractivity (Wildman–Crippen MR) is 122 cm³/mol. The lowest BCUT2D eigenvalue weighted by Crippen LogP contribution is -2.09. The molecule has 0 spiro atoms. The number of hydrogen-bond acceptors (Lipinski definition) is 2. The molecule has 0 N–H and O–H groups in total. The molecule has 0 aromatic heterocycles.